The van der Waals surface area contributed by atoms with Crippen LogP contribution in [-0.2, 0) is 0 Å². The topological polar surface area (TPSA) is 57.8 Å². The van der Waals surface area contributed by atoms with E-state index in [0.717, 1.165) is 66.7 Å². The number of aliphatic imine (C=N–C) groups is 1. The van der Waals surface area contributed by atoms with E-state index in [-0.39, 0.29) is 5.82 Å². The number of allylic oxidation sites excluding steroid dienone is 1. The summed E-state index contributed by atoms with van der Waals surface area (Å²) in [6.07, 6.45) is 1.81. The van der Waals surface area contributed by atoms with Crippen molar-refractivity contribution in [3.05, 3.63) is 59.7 Å². The Morgan fingerprint density at radius 3 is 2.39 bits per heavy atom. The van der Waals surface area contributed by atoms with Crippen LogP contribution in [0.3, 0.4) is 0 Å². The smallest absolute Gasteiger partial charge is 0.136 e. The van der Waals surface area contributed by atoms with Gasteiger partial charge >= 0.3 is 0 Å². The lowest BCUT2D eigenvalue weighted by Gasteiger charge is -2.36. The molecule has 2 N–H and O–H groups in total. The predicted molar refractivity (Wildman–Crippen MR) is 114 cm³/mol. The van der Waals surface area contributed by atoms with E-state index in [1.54, 1.807) is 19.2 Å². The highest BCUT2D eigenvalue weighted by molar-refractivity contribution is 5.99. The van der Waals surface area contributed by atoms with Gasteiger partial charge in [0.1, 0.15) is 11.6 Å². The molecular weight excluding hydrogens is 353 g/mol. The van der Waals surface area contributed by atoms with Crippen molar-refractivity contribution in [1.82, 2.24) is 9.88 Å². The average Bonchev–Trinajstić information content (AvgIpc) is 2.72. The molecule has 1 aromatic carbocycles. The second-order valence-electron chi connectivity index (χ2n) is 7.12. The summed E-state index contributed by atoms with van der Waals surface area (Å²) in [5.74, 6) is 0.721. The number of aromatic nitrogens is 1. The van der Waals surface area contributed by atoms with Crippen molar-refractivity contribution in [3.8, 4) is 11.1 Å². The van der Waals surface area contributed by atoms with Crippen LogP contribution >= 0.6 is 0 Å². The summed E-state index contributed by atoms with van der Waals surface area (Å²) in [7, 11) is 1.80. The minimum absolute atomic E-state index is 0.229. The Balaban J connectivity index is 1.72. The van der Waals surface area contributed by atoms with Crippen molar-refractivity contribution in [2.75, 3.05) is 44.7 Å². The summed E-state index contributed by atoms with van der Waals surface area (Å²) in [6, 6.07) is 10.6. The molecule has 5 nitrogen and oxygen atoms in total. The third kappa shape index (κ3) is 4.57. The van der Waals surface area contributed by atoms with Crippen LogP contribution in [0.5, 0.6) is 0 Å². The third-order valence-electron chi connectivity index (χ3n) is 5.24. The normalized spacial score (nSPS) is 16.9. The van der Waals surface area contributed by atoms with E-state index in [9.17, 15) is 4.39 Å². The quantitative estimate of drug-likeness (QED) is 0.807. The summed E-state index contributed by atoms with van der Waals surface area (Å²) in [5, 5.41) is 0. The SMILES string of the molecule is CN=C(C)C(CN1CCN(c2ncccc2-c2ccc(F)cc2)CC1)=C(C)N. The maximum Gasteiger partial charge on any atom is 0.136 e. The van der Waals surface area contributed by atoms with E-state index in [1.807, 2.05) is 32.2 Å². The predicted octanol–water partition coefficient (Wildman–Crippen LogP) is 3.33. The van der Waals surface area contributed by atoms with Crippen molar-refractivity contribution in [2.45, 2.75) is 13.8 Å². The summed E-state index contributed by atoms with van der Waals surface area (Å²) >= 11 is 0. The van der Waals surface area contributed by atoms with Gasteiger partial charge < -0.3 is 10.6 Å². The van der Waals surface area contributed by atoms with Crippen LogP contribution in [0.4, 0.5) is 10.2 Å². The highest BCUT2D eigenvalue weighted by Crippen LogP contribution is 2.29. The van der Waals surface area contributed by atoms with Gasteiger partial charge in [0.2, 0.25) is 0 Å². The number of halogens is 1. The van der Waals surface area contributed by atoms with Gasteiger partial charge in [-0.2, -0.15) is 0 Å². The minimum atomic E-state index is -0.229. The minimum Gasteiger partial charge on any atom is -0.402 e. The van der Waals surface area contributed by atoms with Crippen molar-refractivity contribution in [3.63, 3.8) is 0 Å². The molecule has 0 spiro atoms. The lowest BCUT2D eigenvalue weighted by atomic mass is 10.1. The van der Waals surface area contributed by atoms with Crippen molar-refractivity contribution in [1.29, 1.82) is 0 Å². The molecule has 2 aromatic rings. The molecule has 1 saturated heterocycles. The molecule has 28 heavy (non-hydrogen) atoms. The third-order valence-corrected chi connectivity index (χ3v) is 5.24. The zero-order chi connectivity index (χ0) is 20.1. The molecule has 0 saturated carbocycles. The van der Waals surface area contributed by atoms with Crippen LogP contribution < -0.4 is 10.6 Å². The van der Waals surface area contributed by atoms with Crippen LogP contribution in [0.1, 0.15) is 13.8 Å². The Labute approximate surface area is 166 Å². The molecule has 2 heterocycles. The van der Waals surface area contributed by atoms with E-state index in [4.69, 9.17) is 5.73 Å². The molecule has 1 aliphatic heterocycles. The Hall–Kier alpha value is -2.73. The van der Waals surface area contributed by atoms with Gasteiger partial charge in [0.25, 0.3) is 0 Å². The van der Waals surface area contributed by atoms with E-state index < -0.39 is 0 Å². The van der Waals surface area contributed by atoms with Crippen LogP contribution in [-0.4, -0.2) is 55.4 Å². The van der Waals surface area contributed by atoms with Crippen LogP contribution in [0, 0.1) is 5.82 Å². The first-order valence-corrected chi connectivity index (χ1v) is 9.57. The number of nitrogens with zero attached hydrogens (tertiary/aromatic N) is 4. The lowest BCUT2D eigenvalue weighted by molar-refractivity contribution is 0.280. The molecule has 1 aromatic heterocycles. The van der Waals surface area contributed by atoms with Gasteiger partial charge in [0, 0.05) is 68.5 Å². The van der Waals surface area contributed by atoms with Gasteiger partial charge in [-0.05, 0) is 43.7 Å². The van der Waals surface area contributed by atoms with Crippen LogP contribution in [0.15, 0.2) is 58.9 Å². The standard InChI is InChI=1S/C22H28FN5/c1-16(24)21(17(2)25-3)15-27-11-13-28(14-12-27)22-20(5-4-10-26-22)18-6-8-19(23)9-7-18/h4-10H,11-15,24H2,1-3H3. The highest BCUT2D eigenvalue weighted by atomic mass is 19.1. The first-order valence-electron chi connectivity index (χ1n) is 9.57. The van der Waals surface area contributed by atoms with E-state index in [2.05, 4.69) is 19.8 Å². The number of pyridine rings is 1. The molecule has 0 bridgehead atoms. The monoisotopic (exact) mass is 381 g/mol. The fourth-order valence-corrected chi connectivity index (χ4v) is 3.50. The molecule has 1 aliphatic rings. The molecular formula is C22H28FN5. The first kappa shape index (κ1) is 20.0. The molecule has 3 rings (SSSR count). The summed E-state index contributed by atoms with van der Waals surface area (Å²) < 4.78 is 13.3. The fourth-order valence-electron chi connectivity index (χ4n) is 3.50. The molecule has 0 radical (unpaired) electrons. The van der Waals surface area contributed by atoms with Crippen molar-refractivity contribution < 1.29 is 4.39 Å². The maximum absolute atomic E-state index is 13.3. The molecule has 0 aliphatic carbocycles. The number of anilines is 1. The Kier molecular flexibility index (Phi) is 6.41. The maximum atomic E-state index is 13.3. The van der Waals surface area contributed by atoms with Crippen molar-refractivity contribution >= 4 is 11.5 Å². The van der Waals surface area contributed by atoms with E-state index in [0.29, 0.717) is 0 Å². The van der Waals surface area contributed by atoms with Gasteiger partial charge in [-0.15, -0.1) is 0 Å². The average molecular weight is 381 g/mol. The highest BCUT2D eigenvalue weighted by Gasteiger charge is 2.22. The van der Waals surface area contributed by atoms with Crippen LogP contribution in [0.25, 0.3) is 11.1 Å². The number of piperazine rings is 1. The molecule has 1 fully saturated rings. The van der Waals surface area contributed by atoms with Gasteiger partial charge in [-0.3, -0.25) is 9.89 Å². The Bertz CT molecular complexity index is 861. The van der Waals surface area contributed by atoms with Crippen molar-refractivity contribution in [2.24, 2.45) is 10.7 Å². The van der Waals surface area contributed by atoms with Crippen LogP contribution in [0.2, 0.25) is 0 Å². The number of hydrogen-bond donors (Lipinski definition) is 1. The van der Waals surface area contributed by atoms with Gasteiger partial charge in [-0.1, -0.05) is 12.1 Å². The van der Waals surface area contributed by atoms with Gasteiger partial charge in [0.15, 0.2) is 0 Å². The largest absolute Gasteiger partial charge is 0.402 e. The number of hydrogen-bond acceptors (Lipinski definition) is 5. The van der Waals surface area contributed by atoms with E-state index in [1.165, 1.54) is 12.1 Å². The molecule has 0 atom stereocenters. The zero-order valence-corrected chi connectivity index (χ0v) is 16.8. The number of nitrogens with two attached hydrogens (primary N) is 1. The number of benzene rings is 1. The van der Waals surface area contributed by atoms with E-state index >= 15 is 0 Å². The second kappa shape index (κ2) is 8.97. The summed E-state index contributed by atoms with van der Waals surface area (Å²) in [4.78, 5) is 13.6. The van der Waals surface area contributed by atoms with Gasteiger partial charge in [-0.25, -0.2) is 9.37 Å². The number of rotatable bonds is 5. The fraction of sp³-hybridized carbons (Fsp3) is 0.364. The Morgan fingerprint density at radius 1 is 1.11 bits per heavy atom. The molecule has 0 unspecified atom stereocenters. The summed E-state index contributed by atoms with van der Waals surface area (Å²) in [6.45, 7) is 8.36. The Morgan fingerprint density at radius 2 is 1.79 bits per heavy atom. The molecule has 0 amide bonds. The summed E-state index contributed by atoms with van der Waals surface area (Å²) in [5.41, 5.74) is 11.0. The molecule has 6 heteroatoms. The lowest BCUT2D eigenvalue weighted by Crippen LogP contribution is -2.47. The zero-order valence-electron chi connectivity index (χ0n) is 16.8. The molecule has 148 valence electrons. The first-order chi connectivity index (χ1) is 13.5. The van der Waals surface area contributed by atoms with Gasteiger partial charge in [0.05, 0.1) is 0 Å². The second-order valence-corrected chi connectivity index (χ2v) is 7.12.